The summed E-state index contributed by atoms with van der Waals surface area (Å²) in [6.45, 7) is 2.05. The van der Waals surface area contributed by atoms with E-state index in [1.807, 2.05) is 73.7 Å². The fraction of sp³-hybridized carbons (Fsp3) is 0.0588. The van der Waals surface area contributed by atoms with E-state index >= 15 is 0 Å². The standard InChI is InChI=1S/C17H14N2O/c1-13-7-10-15(11-8-13)17-18-16(20-19-17)12-9-14-5-3-2-4-6-14/h2-12H,1H3. The van der Waals surface area contributed by atoms with Crippen LogP contribution in [0.2, 0.25) is 0 Å². The van der Waals surface area contributed by atoms with Gasteiger partial charge in [-0.05, 0) is 18.6 Å². The average Bonchev–Trinajstić information content (AvgIpc) is 2.96. The first-order valence-corrected chi connectivity index (χ1v) is 6.45. The molecule has 0 N–H and O–H groups in total. The Bertz CT molecular complexity index is 712. The molecule has 2 aromatic carbocycles. The number of aryl methyl sites for hydroxylation is 1. The molecule has 0 radical (unpaired) electrons. The molecule has 0 aliphatic rings. The lowest BCUT2D eigenvalue weighted by atomic mass is 10.1. The Kier molecular flexibility index (Phi) is 3.42. The second-order valence-corrected chi connectivity index (χ2v) is 4.57. The summed E-state index contributed by atoms with van der Waals surface area (Å²) >= 11 is 0. The molecule has 3 nitrogen and oxygen atoms in total. The van der Waals surface area contributed by atoms with Gasteiger partial charge in [-0.25, -0.2) is 0 Å². The molecule has 0 aliphatic carbocycles. The highest BCUT2D eigenvalue weighted by atomic mass is 16.5. The Balaban J connectivity index is 1.80. The van der Waals surface area contributed by atoms with Crippen molar-refractivity contribution in [3.63, 3.8) is 0 Å². The molecule has 1 aromatic heterocycles. The predicted molar refractivity (Wildman–Crippen MR) is 79.8 cm³/mol. The summed E-state index contributed by atoms with van der Waals surface area (Å²) in [5.74, 6) is 1.11. The molecule has 20 heavy (non-hydrogen) atoms. The molecule has 3 heteroatoms. The summed E-state index contributed by atoms with van der Waals surface area (Å²) in [4.78, 5) is 4.36. The van der Waals surface area contributed by atoms with Gasteiger partial charge in [0.15, 0.2) is 0 Å². The van der Waals surface area contributed by atoms with Gasteiger partial charge in [0, 0.05) is 11.6 Å². The van der Waals surface area contributed by atoms with E-state index in [0.29, 0.717) is 11.7 Å². The monoisotopic (exact) mass is 262 g/mol. The van der Waals surface area contributed by atoms with Crippen LogP contribution in [0.4, 0.5) is 0 Å². The van der Waals surface area contributed by atoms with Crippen LogP contribution in [0.5, 0.6) is 0 Å². The molecule has 1 heterocycles. The molecule has 0 fully saturated rings. The maximum atomic E-state index is 5.22. The van der Waals surface area contributed by atoms with Crippen LogP contribution < -0.4 is 0 Å². The van der Waals surface area contributed by atoms with E-state index < -0.39 is 0 Å². The van der Waals surface area contributed by atoms with E-state index in [1.165, 1.54) is 5.56 Å². The van der Waals surface area contributed by atoms with E-state index in [4.69, 9.17) is 4.52 Å². The van der Waals surface area contributed by atoms with Gasteiger partial charge in [-0.1, -0.05) is 65.3 Å². The molecular weight excluding hydrogens is 248 g/mol. The molecule has 0 spiro atoms. The van der Waals surface area contributed by atoms with Crippen molar-refractivity contribution in [3.8, 4) is 11.4 Å². The van der Waals surface area contributed by atoms with Crippen molar-refractivity contribution in [2.75, 3.05) is 0 Å². The van der Waals surface area contributed by atoms with Crippen molar-refractivity contribution in [1.82, 2.24) is 10.1 Å². The third kappa shape index (κ3) is 2.83. The third-order valence-corrected chi connectivity index (χ3v) is 2.97. The van der Waals surface area contributed by atoms with Crippen LogP contribution in [0, 0.1) is 6.92 Å². The van der Waals surface area contributed by atoms with Crippen molar-refractivity contribution >= 4 is 12.2 Å². The summed E-state index contributed by atoms with van der Waals surface area (Å²) in [5.41, 5.74) is 3.27. The van der Waals surface area contributed by atoms with E-state index in [2.05, 4.69) is 10.1 Å². The smallest absolute Gasteiger partial charge is 0.250 e. The largest absolute Gasteiger partial charge is 0.334 e. The third-order valence-electron chi connectivity index (χ3n) is 2.97. The van der Waals surface area contributed by atoms with Crippen molar-refractivity contribution in [1.29, 1.82) is 0 Å². The lowest BCUT2D eigenvalue weighted by Gasteiger charge is -1.94. The highest BCUT2D eigenvalue weighted by Crippen LogP contribution is 2.17. The number of hydrogen-bond donors (Lipinski definition) is 0. The normalized spacial score (nSPS) is 11.1. The van der Waals surface area contributed by atoms with Crippen molar-refractivity contribution in [3.05, 3.63) is 71.6 Å². The predicted octanol–water partition coefficient (Wildman–Crippen LogP) is 4.22. The minimum atomic E-state index is 0.504. The SMILES string of the molecule is Cc1ccc(-c2noc(C=Cc3ccccc3)n2)cc1. The summed E-state index contributed by atoms with van der Waals surface area (Å²) in [6, 6.07) is 18.1. The van der Waals surface area contributed by atoms with Gasteiger partial charge >= 0.3 is 0 Å². The molecule has 3 aromatic rings. The first kappa shape index (κ1) is 12.4. The van der Waals surface area contributed by atoms with Gasteiger partial charge in [-0.3, -0.25) is 0 Å². The van der Waals surface area contributed by atoms with Crippen molar-refractivity contribution < 1.29 is 4.52 Å². The Morgan fingerprint density at radius 3 is 2.40 bits per heavy atom. The summed E-state index contributed by atoms with van der Waals surface area (Å²) in [5, 5.41) is 3.99. The Hall–Kier alpha value is -2.68. The van der Waals surface area contributed by atoms with Crippen molar-refractivity contribution in [2.24, 2.45) is 0 Å². The minimum Gasteiger partial charge on any atom is -0.334 e. The number of benzene rings is 2. The molecule has 0 amide bonds. The van der Waals surface area contributed by atoms with Gasteiger partial charge < -0.3 is 4.52 Å². The number of hydrogen-bond acceptors (Lipinski definition) is 3. The average molecular weight is 262 g/mol. The van der Waals surface area contributed by atoms with Gasteiger partial charge in [0.2, 0.25) is 5.82 Å². The molecule has 3 rings (SSSR count). The fourth-order valence-electron chi connectivity index (χ4n) is 1.85. The van der Waals surface area contributed by atoms with E-state index in [0.717, 1.165) is 11.1 Å². The molecule has 0 aliphatic heterocycles. The molecule has 98 valence electrons. The zero-order valence-corrected chi connectivity index (χ0v) is 11.2. The van der Waals surface area contributed by atoms with Crippen molar-refractivity contribution in [2.45, 2.75) is 6.92 Å². The van der Waals surface area contributed by atoms with Gasteiger partial charge in [-0.2, -0.15) is 4.98 Å². The Morgan fingerprint density at radius 2 is 1.65 bits per heavy atom. The van der Waals surface area contributed by atoms with Crippen LogP contribution in [0.25, 0.3) is 23.5 Å². The molecule has 0 saturated carbocycles. The lowest BCUT2D eigenvalue weighted by molar-refractivity contribution is 0.411. The number of aromatic nitrogens is 2. The summed E-state index contributed by atoms with van der Waals surface area (Å²) < 4.78 is 5.22. The first-order valence-electron chi connectivity index (χ1n) is 6.45. The number of nitrogens with zero attached hydrogens (tertiary/aromatic N) is 2. The van der Waals surface area contributed by atoms with Gasteiger partial charge in [-0.15, -0.1) is 0 Å². The topological polar surface area (TPSA) is 38.9 Å². The maximum absolute atomic E-state index is 5.22. The molecular formula is C17H14N2O. The fourth-order valence-corrected chi connectivity index (χ4v) is 1.85. The minimum absolute atomic E-state index is 0.504. The lowest BCUT2D eigenvalue weighted by Crippen LogP contribution is -1.80. The summed E-state index contributed by atoms with van der Waals surface area (Å²) in [6.07, 6.45) is 3.77. The van der Waals surface area contributed by atoms with Crippen LogP contribution in [-0.2, 0) is 0 Å². The van der Waals surface area contributed by atoms with Crippen LogP contribution in [0.15, 0.2) is 59.1 Å². The Labute approximate surface area is 117 Å². The second-order valence-electron chi connectivity index (χ2n) is 4.57. The Morgan fingerprint density at radius 1 is 0.900 bits per heavy atom. The van der Waals surface area contributed by atoms with Crippen LogP contribution in [-0.4, -0.2) is 10.1 Å². The quantitative estimate of drug-likeness (QED) is 0.709. The van der Waals surface area contributed by atoms with Crippen LogP contribution in [0.1, 0.15) is 17.0 Å². The van der Waals surface area contributed by atoms with E-state index in [-0.39, 0.29) is 0 Å². The zero-order valence-electron chi connectivity index (χ0n) is 11.2. The highest BCUT2D eigenvalue weighted by Gasteiger charge is 2.05. The summed E-state index contributed by atoms with van der Waals surface area (Å²) in [7, 11) is 0. The van der Waals surface area contributed by atoms with Gasteiger partial charge in [0.05, 0.1) is 0 Å². The molecule has 0 atom stereocenters. The van der Waals surface area contributed by atoms with Crippen LogP contribution >= 0.6 is 0 Å². The second kappa shape index (κ2) is 5.53. The zero-order chi connectivity index (χ0) is 13.8. The van der Waals surface area contributed by atoms with Gasteiger partial charge in [0.25, 0.3) is 5.89 Å². The first-order chi connectivity index (χ1) is 9.81. The number of rotatable bonds is 3. The maximum Gasteiger partial charge on any atom is 0.250 e. The molecule has 0 unspecified atom stereocenters. The van der Waals surface area contributed by atoms with Gasteiger partial charge in [0.1, 0.15) is 0 Å². The van der Waals surface area contributed by atoms with E-state index in [1.54, 1.807) is 0 Å². The molecule has 0 bridgehead atoms. The molecule has 0 saturated heterocycles. The highest BCUT2D eigenvalue weighted by molar-refractivity contribution is 5.66. The van der Waals surface area contributed by atoms with E-state index in [9.17, 15) is 0 Å². The van der Waals surface area contributed by atoms with Crippen LogP contribution in [0.3, 0.4) is 0 Å².